The molecule has 4 nitrogen and oxygen atoms in total. The van der Waals surface area contributed by atoms with Gasteiger partial charge in [-0.2, -0.15) is 0 Å². The zero-order valence-electron chi connectivity index (χ0n) is 8.19. The van der Waals surface area contributed by atoms with Gasteiger partial charge in [0.05, 0.1) is 7.11 Å². The number of hydrogen-bond acceptors (Lipinski definition) is 4. The number of rotatable bonds is 3. The highest BCUT2D eigenvalue weighted by Gasteiger charge is 2.17. The second kappa shape index (κ2) is 4.89. The number of phenolic OH excluding ortho intramolecular Hbond substituents is 2. The third kappa shape index (κ3) is 2.76. The van der Waals surface area contributed by atoms with Crippen molar-refractivity contribution in [2.45, 2.75) is 12.8 Å². The minimum absolute atomic E-state index is 0.0114. The average Bonchev–Trinajstić information content (AvgIpc) is 2.24. The molecule has 0 aliphatic carbocycles. The normalized spacial score (nSPS) is 10.0. The van der Waals surface area contributed by atoms with Crippen molar-refractivity contribution in [3.8, 4) is 11.5 Å². The maximum atomic E-state index is 10.9. The van der Waals surface area contributed by atoms with Gasteiger partial charge in [0.25, 0.3) is 0 Å². The van der Waals surface area contributed by atoms with Crippen molar-refractivity contribution in [3.05, 3.63) is 22.7 Å². The van der Waals surface area contributed by atoms with Gasteiger partial charge in [-0.15, -0.1) is 0 Å². The molecule has 0 aromatic heterocycles. The summed E-state index contributed by atoms with van der Waals surface area (Å²) in [5.41, 5.74) is 0.531. The van der Waals surface area contributed by atoms with Crippen LogP contribution in [0.15, 0.2) is 12.1 Å². The molecular formula is C10H12ClO4+. The van der Waals surface area contributed by atoms with Crippen molar-refractivity contribution in [1.82, 2.24) is 0 Å². The van der Waals surface area contributed by atoms with Crippen LogP contribution in [-0.2, 0) is 16.0 Å². The molecule has 0 unspecified atom stereocenters. The van der Waals surface area contributed by atoms with Crippen LogP contribution in [0.4, 0.5) is 0 Å². The molecule has 15 heavy (non-hydrogen) atoms. The Morgan fingerprint density at radius 3 is 2.73 bits per heavy atom. The molecule has 1 rings (SSSR count). The summed E-state index contributed by atoms with van der Waals surface area (Å²) in [6.07, 6.45) is 0.506. The molecule has 0 fully saturated rings. The Kier molecular flexibility index (Phi) is 3.80. The van der Waals surface area contributed by atoms with E-state index in [1.165, 1.54) is 19.2 Å². The molecule has 5 heteroatoms. The molecule has 0 atom stereocenters. The third-order valence-corrected chi connectivity index (χ3v) is 2.42. The maximum absolute atomic E-state index is 10.9. The summed E-state index contributed by atoms with van der Waals surface area (Å²) in [4.78, 5) is 10.9. The fourth-order valence-corrected chi connectivity index (χ4v) is 1.34. The first-order valence-corrected chi connectivity index (χ1v) is 4.74. The Hall–Kier alpha value is -1.42. The van der Waals surface area contributed by atoms with E-state index in [9.17, 15) is 15.0 Å². The van der Waals surface area contributed by atoms with Crippen LogP contribution in [0.2, 0.25) is 5.02 Å². The topological polar surface area (TPSA) is 66.8 Å². The van der Waals surface area contributed by atoms with Crippen LogP contribution in [-0.4, -0.2) is 23.3 Å². The average molecular weight is 232 g/mol. The number of carbonyl (C=O) groups excluding carboxylic acids is 1. The van der Waals surface area contributed by atoms with Gasteiger partial charge in [0.15, 0.2) is 23.1 Å². The highest BCUT2D eigenvalue weighted by Crippen LogP contribution is 2.31. The lowest BCUT2D eigenvalue weighted by molar-refractivity contribution is -0.293. The summed E-state index contributed by atoms with van der Waals surface area (Å²) in [7, 11) is 1.30. The van der Waals surface area contributed by atoms with E-state index in [1.807, 2.05) is 0 Å². The summed E-state index contributed by atoms with van der Waals surface area (Å²) < 4.78 is 4.47. The van der Waals surface area contributed by atoms with E-state index in [2.05, 4.69) is 4.74 Å². The Labute approximate surface area is 92.1 Å². The highest BCUT2D eigenvalue weighted by atomic mass is 35.5. The lowest BCUT2D eigenvalue weighted by Crippen LogP contribution is -2.02. The van der Waals surface area contributed by atoms with E-state index in [0.29, 0.717) is 12.0 Å². The van der Waals surface area contributed by atoms with E-state index in [0.717, 1.165) is 0 Å². The van der Waals surface area contributed by atoms with E-state index in [4.69, 9.17) is 11.6 Å². The SMILES string of the molecule is COC(=O)CCc1ccc(O)c([ClH+])c1O. The van der Waals surface area contributed by atoms with Gasteiger partial charge in [0.2, 0.25) is 0 Å². The van der Waals surface area contributed by atoms with Crippen LogP contribution in [0, 0.1) is 11.6 Å². The predicted octanol–water partition coefficient (Wildman–Crippen LogP) is 0.900. The Morgan fingerprint density at radius 2 is 2.13 bits per heavy atom. The quantitative estimate of drug-likeness (QED) is 0.759. The molecule has 82 valence electrons. The van der Waals surface area contributed by atoms with E-state index in [1.54, 1.807) is 0 Å². The van der Waals surface area contributed by atoms with Gasteiger partial charge in [-0.1, -0.05) is 6.07 Å². The van der Waals surface area contributed by atoms with Gasteiger partial charge in [0.1, 0.15) is 0 Å². The zero-order valence-corrected chi connectivity index (χ0v) is 9.00. The van der Waals surface area contributed by atoms with Crippen molar-refractivity contribution in [2.75, 3.05) is 7.11 Å². The van der Waals surface area contributed by atoms with Crippen LogP contribution in [0.3, 0.4) is 0 Å². The second-order valence-corrected chi connectivity index (χ2v) is 3.41. The zero-order chi connectivity index (χ0) is 11.4. The van der Waals surface area contributed by atoms with Gasteiger partial charge in [-0.3, -0.25) is 4.79 Å². The van der Waals surface area contributed by atoms with Gasteiger partial charge >= 0.3 is 11.0 Å². The van der Waals surface area contributed by atoms with E-state index in [-0.39, 0.29) is 28.9 Å². The number of esters is 1. The molecule has 0 saturated carbocycles. The fraction of sp³-hybridized carbons (Fsp3) is 0.300. The third-order valence-electron chi connectivity index (χ3n) is 2.02. The van der Waals surface area contributed by atoms with E-state index >= 15 is 0 Å². The van der Waals surface area contributed by atoms with Crippen LogP contribution < -0.4 is 0 Å². The monoisotopic (exact) mass is 231 g/mol. The largest absolute Gasteiger partial charge is 0.503 e. The summed E-state index contributed by atoms with van der Waals surface area (Å²) >= 11 is 4.77. The van der Waals surface area contributed by atoms with Gasteiger partial charge in [0, 0.05) is 12.0 Å². The molecule has 2 N–H and O–H groups in total. The molecule has 0 radical (unpaired) electrons. The van der Waals surface area contributed by atoms with Crippen LogP contribution in [0.25, 0.3) is 0 Å². The van der Waals surface area contributed by atoms with Crippen LogP contribution in [0.5, 0.6) is 11.5 Å². The number of ether oxygens (including phenoxy) is 1. The van der Waals surface area contributed by atoms with E-state index < -0.39 is 0 Å². The molecule has 1 aromatic rings. The van der Waals surface area contributed by atoms with Crippen molar-refractivity contribution in [1.29, 1.82) is 0 Å². The van der Waals surface area contributed by atoms with Crippen molar-refractivity contribution in [2.24, 2.45) is 0 Å². The first kappa shape index (κ1) is 11.7. The minimum Gasteiger partial charge on any atom is -0.503 e. The van der Waals surface area contributed by atoms with Gasteiger partial charge in [-0.25, -0.2) is 0 Å². The second-order valence-electron chi connectivity index (χ2n) is 3.00. The first-order valence-electron chi connectivity index (χ1n) is 4.34. The predicted molar refractivity (Wildman–Crippen MR) is 50.7 cm³/mol. The number of aromatic hydroxyl groups is 2. The standard InChI is InChI=1S/C10H11ClO4/c1-15-8(13)5-3-6-2-4-7(12)9(11)10(6)14/h2,4,11H,3,5H2,1H3,(H-,12,14)/p+1. The number of hydrogen-bond donors (Lipinski definition) is 2. The molecule has 0 amide bonds. The van der Waals surface area contributed by atoms with Crippen molar-refractivity contribution in [3.63, 3.8) is 0 Å². The molecule has 0 spiro atoms. The lowest BCUT2D eigenvalue weighted by Gasteiger charge is -2.03. The number of benzene rings is 1. The molecule has 1 aromatic carbocycles. The van der Waals surface area contributed by atoms with Crippen LogP contribution in [0.1, 0.15) is 12.0 Å². The molecule has 0 aliphatic rings. The minimum atomic E-state index is -0.353. The maximum Gasteiger partial charge on any atom is 0.308 e. The summed E-state index contributed by atoms with van der Waals surface area (Å²) in [5, 5.41) is 18.8. The molecule has 0 saturated heterocycles. The van der Waals surface area contributed by atoms with Crippen molar-refractivity contribution < 1.29 is 31.3 Å². The number of halogens is 1. The number of carbonyl (C=O) groups is 1. The van der Waals surface area contributed by atoms with Gasteiger partial charge in [-0.05, 0) is 12.5 Å². The Morgan fingerprint density at radius 1 is 1.47 bits per heavy atom. The Balaban J connectivity index is 2.78. The highest BCUT2D eigenvalue weighted by molar-refractivity contribution is 5.69. The fourth-order valence-electron chi connectivity index (χ4n) is 1.14. The smallest absolute Gasteiger partial charge is 0.308 e. The van der Waals surface area contributed by atoms with Gasteiger partial charge < -0.3 is 14.9 Å². The number of methoxy groups -OCH3 is 1. The lowest BCUT2D eigenvalue weighted by atomic mass is 10.1. The number of aryl methyl sites for hydroxylation is 1. The molecule has 0 bridgehead atoms. The molecule has 0 heterocycles. The summed E-state index contributed by atoms with van der Waals surface area (Å²) in [6, 6.07) is 2.93. The molecule has 0 aliphatic heterocycles. The number of phenols is 2. The first-order chi connectivity index (χ1) is 7.06. The van der Waals surface area contributed by atoms with Crippen LogP contribution >= 0.6 is 0 Å². The summed E-state index contributed by atoms with van der Waals surface area (Å²) in [5.74, 6) is -0.633. The molecular weight excluding hydrogens is 220 g/mol. The summed E-state index contributed by atoms with van der Waals surface area (Å²) in [6.45, 7) is 0. The Bertz CT molecular complexity index is 376. The van der Waals surface area contributed by atoms with Crippen molar-refractivity contribution >= 4 is 5.97 Å².